The third-order valence-corrected chi connectivity index (χ3v) is 5.20. The van der Waals surface area contributed by atoms with Crippen molar-refractivity contribution in [1.82, 2.24) is 5.32 Å². The summed E-state index contributed by atoms with van der Waals surface area (Å²) >= 11 is 6.24. The van der Waals surface area contributed by atoms with Gasteiger partial charge in [0.15, 0.2) is 0 Å². The maximum absolute atomic E-state index is 12.4. The summed E-state index contributed by atoms with van der Waals surface area (Å²) < 4.78 is 10.5. The molecule has 3 rings (SSSR count). The van der Waals surface area contributed by atoms with Crippen LogP contribution in [0.1, 0.15) is 48.2 Å². The molecule has 7 heteroatoms. The monoisotopic (exact) mass is 412 g/mol. The molecule has 1 heterocycles. The highest BCUT2D eigenvalue weighted by atomic mass is 35.5. The Morgan fingerprint density at radius 1 is 1.24 bits per heavy atom. The molecule has 0 saturated heterocycles. The number of benzene rings is 1. The fourth-order valence-electron chi connectivity index (χ4n) is 3.34. The number of carbonyl (C=O) groups excluding carboxylic acids is 2. The van der Waals surface area contributed by atoms with Crippen LogP contribution >= 0.6 is 11.6 Å². The van der Waals surface area contributed by atoms with E-state index >= 15 is 0 Å². The van der Waals surface area contributed by atoms with Gasteiger partial charge < -0.3 is 14.5 Å². The third-order valence-electron chi connectivity index (χ3n) is 4.87. The summed E-state index contributed by atoms with van der Waals surface area (Å²) in [5.41, 5.74) is 0.829. The number of furan rings is 1. The zero-order valence-electron chi connectivity index (χ0n) is 16.0. The van der Waals surface area contributed by atoms with Crippen LogP contribution in [0.5, 0.6) is 0 Å². The largest absolute Gasteiger partial charge is 0.465 e. The van der Waals surface area contributed by atoms with E-state index in [1.807, 2.05) is 6.07 Å². The van der Waals surface area contributed by atoms with Gasteiger partial charge in [-0.1, -0.05) is 30.9 Å². The summed E-state index contributed by atoms with van der Waals surface area (Å²) in [6.45, 7) is 0. The number of halogens is 1. The molecule has 0 unspecified atom stereocenters. The Kier molecular flexibility index (Phi) is 6.73. The van der Waals surface area contributed by atoms with Crippen LogP contribution < -0.4 is 5.32 Å². The molecule has 2 aromatic rings. The molecule has 0 spiro atoms. The molecule has 1 saturated carbocycles. The van der Waals surface area contributed by atoms with E-state index in [0.29, 0.717) is 27.7 Å². The van der Waals surface area contributed by atoms with Crippen molar-refractivity contribution in [1.29, 1.82) is 5.26 Å². The van der Waals surface area contributed by atoms with Crippen LogP contribution in [-0.4, -0.2) is 25.0 Å². The molecule has 1 aromatic carbocycles. The number of nitrogens with zero attached hydrogens (tertiary/aromatic N) is 1. The lowest BCUT2D eigenvalue weighted by atomic mass is 9.95. The second-order valence-corrected chi connectivity index (χ2v) is 7.27. The maximum atomic E-state index is 12.4. The highest BCUT2D eigenvalue weighted by molar-refractivity contribution is 6.33. The van der Waals surface area contributed by atoms with Gasteiger partial charge in [-0.15, -0.1) is 0 Å². The number of hydrogen-bond acceptors (Lipinski definition) is 5. The topological polar surface area (TPSA) is 92.3 Å². The molecule has 1 N–H and O–H groups in total. The Morgan fingerprint density at radius 3 is 2.69 bits per heavy atom. The van der Waals surface area contributed by atoms with Gasteiger partial charge in [0.05, 0.1) is 17.7 Å². The van der Waals surface area contributed by atoms with E-state index < -0.39 is 11.9 Å². The van der Waals surface area contributed by atoms with E-state index in [2.05, 4.69) is 5.32 Å². The zero-order valence-corrected chi connectivity index (χ0v) is 16.8. The quantitative estimate of drug-likeness (QED) is 0.435. The van der Waals surface area contributed by atoms with Crippen LogP contribution in [0.15, 0.2) is 40.3 Å². The molecule has 0 bridgehead atoms. The molecule has 1 amide bonds. The van der Waals surface area contributed by atoms with Gasteiger partial charge in [0.2, 0.25) is 0 Å². The number of nitriles is 1. The Hall–Kier alpha value is -3.04. The molecular formula is C22H21ClN2O4. The van der Waals surface area contributed by atoms with Gasteiger partial charge >= 0.3 is 5.97 Å². The van der Waals surface area contributed by atoms with Gasteiger partial charge in [-0.3, -0.25) is 4.79 Å². The van der Waals surface area contributed by atoms with E-state index in [1.54, 1.807) is 30.3 Å². The molecule has 6 nitrogen and oxygen atoms in total. The van der Waals surface area contributed by atoms with Crippen LogP contribution in [0.4, 0.5) is 0 Å². The van der Waals surface area contributed by atoms with Crippen LogP contribution in [0, 0.1) is 11.3 Å². The van der Waals surface area contributed by atoms with Crippen LogP contribution in [-0.2, 0) is 9.53 Å². The number of amides is 1. The van der Waals surface area contributed by atoms with Gasteiger partial charge in [0.25, 0.3) is 5.91 Å². The van der Waals surface area contributed by atoms with Crippen molar-refractivity contribution >= 4 is 29.6 Å². The summed E-state index contributed by atoms with van der Waals surface area (Å²) in [6.07, 6.45) is 6.63. The molecule has 0 aliphatic heterocycles. The molecule has 0 atom stereocenters. The maximum Gasteiger partial charge on any atom is 0.337 e. The van der Waals surface area contributed by atoms with Crippen LogP contribution in [0.25, 0.3) is 17.4 Å². The first-order valence-corrected chi connectivity index (χ1v) is 9.80. The number of nitrogens with one attached hydrogen (secondary N) is 1. The minimum absolute atomic E-state index is 0.0223. The first-order valence-electron chi connectivity index (χ1n) is 9.42. The number of rotatable bonds is 5. The molecule has 150 valence electrons. The Balaban J connectivity index is 1.80. The van der Waals surface area contributed by atoms with Crippen molar-refractivity contribution in [2.75, 3.05) is 7.11 Å². The number of ether oxygens (including phenoxy) is 1. The van der Waals surface area contributed by atoms with Crippen LogP contribution in [0.3, 0.4) is 0 Å². The SMILES string of the molecule is COC(=O)c1ccc(Cl)c(-c2ccc(/C=C(\C#N)C(=O)NC3CCCCC3)o2)c1. The van der Waals surface area contributed by atoms with Crippen molar-refractivity contribution in [2.24, 2.45) is 0 Å². The molecule has 1 aliphatic carbocycles. The molecule has 1 aliphatic rings. The summed E-state index contributed by atoms with van der Waals surface area (Å²) in [6, 6.07) is 10.1. The van der Waals surface area contributed by atoms with Crippen molar-refractivity contribution in [3.63, 3.8) is 0 Å². The van der Waals surface area contributed by atoms with E-state index in [1.165, 1.54) is 19.6 Å². The summed E-state index contributed by atoms with van der Waals surface area (Å²) in [5.74, 6) is -0.129. The Labute approximate surface area is 174 Å². The van der Waals surface area contributed by atoms with Crippen LogP contribution in [0.2, 0.25) is 5.02 Å². The van der Waals surface area contributed by atoms with E-state index in [-0.39, 0.29) is 11.6 Å². The standard InChI is InChI=1S/C22H21ClN2O4/c1-28-22(27)14-7-9-19(23)18(12-14)20-10-8-17(29-20)11-15(13-24)21(26)25-16-5-3-2-4-6-16/h7-12,16H,2-6H2,1H3,(H,25,26)/b15-11+. The first-order chi connectivity index (χ1) is 14.0. The normalized spacial score (nSPS) is 14.9. The van der Waals surface area contributed by atoms with E-state index in [4.69, 9.17) is 20.8 Å². The molecule has 1 aromatic heterocycles. The fourth-order valence-corrected chi connectivity index (χ4v) is 3.55. The summed E-state index contributed by atoms with van der Waals surface area (Å²) in [7, 11) is 1.30. The number of carbonyl (C=O) groups is 2. The zero-order chi connectivity index (χ0) is 20.8. The lowest BCUT2D eigenvalue weighted by molar-refractivity contribution is -0.117. The highest BCUT2D eigenvalue weighted by Gasteiger charge is 2.19. The minimum Gasteiger partial charge on any atom is -0.465 e. The molecule has 29 heavy (non-hydrogen) atoms. The van der Waals surface area contributed by atoms with Crippen molar-refractivity contribution < 1.29 is 18.7 Å². The lowest BCUT2D eigenvalue weighted by Gasteiger charge is -2.22. The Morgan fingerprint density at radius 2 is 2.00 bits per heavy atom. The first kappa shape index (κ1) is 20.7. The van der Waals surface area contributed by atoms with Gasteiger partial charge in [-0.05, 0) is 43.2 Å². The summed E-state index contributed by atoms with van der Waals surface area (Å²) in [5, 5.41) is 12.7. The minimum atomic E-state index is -0.485. The van der Waals surface area contributed by atoms with Crippen molar-refractivity contribution in [2.45, 2.75) is 38.1 Å². The van der Waals surface area contributed by atoms with Gasteiger partial charge in [0.1, 0.15) is 23.2 Å². The molecule has 1 fully saturated rings. The number of esters is 1. The van der Waals surface area contributed by atoms with Gasteiger partial charge in [-0.2, -0.15) is 5.26 Å². The predicted octanol–water partition coefficient (Wildman–Crippen LogP) is 4.74. The number of methoxy groups -OCH3 is 1. The van der Waals surface area contributed by atoms with Gasteiger partial charge in [-0.25, -0.2) is 4.79 Å². The molecular weight excluding hydrogens is 392 g/mol. The average Bonchev–Trinajstić information content (AvgIpc) is 3.20. The van der Waals surface area contributed by atoms with Gasteiger partial charge in [0, 0.05) is 17.7 Å². The van der Waals surface area contributed by atoms with E-state index in [9.17, 15) is 14.9 Å². The van der Waals surface area contributed by atoms with Crippen molar-refractivity contribution in [3.8, 4) is 17.4 Å². The molecule has 0 radical (unpaired) electrons. The Bertz CT molecular complexity index is 981. The third kappa shape index (κ3) is 5.07. The second-order valence-electron chi connectivity index (χ2n) is 6.87. The lowest BCUT2D eigenvalue weighted by Crippen LogP contribution is -2.36. The second kappa shape index (κ2) is 9.44. The van der Waals surface area contributed by atoms with E-state index in [0.717, 1.165) is 25.7 Å². The summed E-state index contributed by atoms with van der Waals surface area (Å²) in [4.78, 5) is 24.2. The smallest absolute Gasteiger partial charge is 0.337 e. The predicted molar refractivity (Wildman–Crippen MR) is 109 cm³/mol. The highest BCUT2D eigenvalue weighted by Crippen LogP contribution is 2.31. The fraction of sp³-hybridized carbons (Fsp3) is 0.318. The van der Waals surface area contributed by atoms with Crippen molar-refractivity contribution in [3.05, 3.63) is 52.3 Å². The number of hydrogen-bond donors (Lipinski definition) is 1. The average molecular weight is 413 g/mol.